The molecule has 1 aliphatic rings. The highest BCUT2D eigenvalue weighted by Gasteiger charge is 2.16. The van der Waals surface area contributed by atoms with E-state index >= 15 is 0 Å². The topological polar surface area (TPSA) is 59.9 Å². The molecule has 2 aromatic rings. The van der Waals surface area contributed by atoms with E-state index in [-0.39, 0.29) is 0 Å². The van der Waals surface area contributed by atoms with Crippen LogP contribution < -0.4 is 5.32 Å². The van der Waals surface area contributed by atoms with E-state index in [1.54, 1.807) is 12.4 Å². The quantitative estimate of drug-likeness (QED) is 0.935. The number of anilines is 1. The summed E-state index contributed by atoms with van der Waals surface area (Å²) in [7, 11) is 0. The van der Waals surface area contributed by atoms with Crippen molar-refractivity contribution in [1.82, 2.24) is 15.0 Å². The average Bonchev–Trinajstić information content (AvgIpc) is 3.03. The van der Waals surface area contributed by atoms with E-state index in [1.807, 2.05) is 19.1 Å². The maximum absolute atomic E-state index is 5.41. The lowest BCUT2D eigenvalue weighted by Gasteiger charge is -2.14. The summed E-state index contributed by atoms with van der Waals surface area (Å²) < 4.78 is 5.41. The zero-order chi connectivity index (χ0) is 14.7. The van der Waals surface area contributed by atoms with Crippen LogP contribution in [0.25, 0.3) is 11.4 Å². The lowest BCUT2D eigenvalue weighted by Crippen LogP contribution is -2.16. The zero-order valence-corrected chi connectivity index (χ0v) is 12.5. The molecule has 0 bridgehead atoms. The molecular weight excluding hydrogens is 264 g/mol. The minimum Gasteiger partial charge on any atom is -0.381 e. The molecule has 0 aliphatic carbocycles. The van der Waals surface area contributed by atoms with Gasteiger partial charge in [0.05, 0.1) is 6.61 Å². The van der Waals surface area contributed by atoms with E-state index in [2.05, 4.69) is 27.2 Å². The fourth-order valence-electron chi connectivity index (χ4n) is 2.41. The monoisotopic (exact) mass is 284 g/mol. The largest absolute Gasteiger partial charge is 0.381 e. The number of aryl methyl sites for hydroxylation is 1. The third kappa shape index (κ3) is 3.19. The normalized spacial score (nSPS) is 17.9. The Morgan fingerprint density at radius 1 is 1.33 bits per heavy atom. The van der Waals surface area contributed by atoms with Gasteiger partial charge in [-0.2, -0.15) is 0 Å². The van der Waals surface area contributed by atoms with E-state index in [1.165, 1.54) is 0 Å². The standard InChI is InChI=1S/C16H20N4O/c1-11-12(2)19-16(14-4-3-6-17-9-14)20-15(11)18-8-13-5-7-21-10-13/h3-4,6,9,13H,5,7-8,10H2,1-2H3,(H,18,19,20)/t13-/m0/s1. The summed E-state index contributed by atoms with van der Waals surface area (Å²) in [4.78, 5) is 13.4. The van der Waals surface area contributed by atoms with Crippen LogP contribution in [0.4, 0.5) is 5.82 Å². The maximum Gasteiger partial charge on any atom is 0.163 e. The Kier molecular flexibility index (Phi) is 4.10. The van der Waals surface area contributed by atoms with Crippen LogP contribution in [-0.2, 0) is 4.74 Å². The smallest absolute Gasteiger partial charge is 0.163 e. The number of nitrogens with one attached hydrogen (secondary N) is 1. The van der Waals surface area contributed by atoms with Crippen molar-refractivity contribution in [1.29, 1.82) is 0 Å². The molecule has 21 heavy (non-hydrogen) atoms. The first kappa shape index (κ1) is 13.9. The van der Waals surface area contributed by atoms with Gasteiger partial charge in [0.25, 0.3) is 0 Å². The lowest BCUT2D eigenvalue weighted by molar-refractivity contribution is 0.187. The summed E-state index contributed by atoms with van der Waals surface area (Å²) in [5, 5.41) is 3.45. The van der Waals surface area contributed by atoms with Crippen LogP contribution in [0.2, 0.25) is 0 Å². The fourth-order valence-corrected chi connectivity index (χ4v) is 2.41. The molecule has 3 heterocycles. The minimum atomic E-state index is 0.571. The Morgan fingerprint density at radius 2 is 2.24 bits per heavy atom. The molecular formula is C16H20N4O. The van der Waals surface area contributed by atoms with Crippen LogP contribution in [-0.4, -0.2) is 34.7 Å². The first-order valence-electron chi connectivity index (χ1n) is 7.31. The zero-order valence-electron chi connectivity index (χ0n) is 12.5. The Bertz CT molecular complexity index is 609. The molecule has 1 N–H and O–H groups in total. The van der Waals surface area contributed by atoms with Gasteiger partial charge in [0.1, 0.15) is 5.82 Å². The average molecular weight is 284 g/mol. The van der Waals surface area contributed by atoms with Gasteiger partial charge >= 0.3 is 0 Å². The number of pyridine rings is 1. The Hall–Kier alpha value is -2.01. The van der Waals surface area contributed by atoms with Gasteiger partial charge in [0, 0.05) is 48.3 Å². The molecule has 5 heteroatoms. The van der Waals surface area contributed by atoms with E-state index in [4.69, 9.17) is 4.74 Å². The van der Waals surface area contributed by atoms with Crippen LogP contribution in [0.5, 0.6) is 0 Å². The van der Waals surface area contributed by atoms with Gasteiger partial charge in [-0.15, -0.1) is 0 Å². The second-order valence-corrected chi connectivity index (χ2v) is 5.46. The molecule has 1 aliphatic heterocycles. The minimum absolute atomic E-state index is 0.571. The van der Waals surface area contributed by atoms with Gasteiger partial charge in [-0.25, -0.2) is 9.97 Å². The number of nitrogens with zero attached hydrogens (tertiary/aromatic N) is 3. The summed E-state index contributed by atoms with van der Waals surface area (Å²) in [6.45, 7) is 6.67. The van der Waals surface area contributed by atoms with Crippen LogP contribution in [0.15, 0.2) is 24.5 Å². The van der Waals surface area contributed by atoms with Crippen LogP contribution >= 0.6 is 0 Å². The summed E-state index contributed by atoms with van der Waals surface area (Å²) in [5.74, 6) is 2.20. The molecule has 1 saturated heterocycles. The number of hydrogen-bond donors (Lipinski definition) is 1. The highest BCUT2D eigenvalue weighted by atomic mass is 16.5. The van der Waals surface area contributed by atoms with Gasteiger partial charge in [-0.3, -0.25) is 4.98 Å². The molecule has 110 valence electrons. The van der Waals surface area contributed by atoms with E-state index in [9.17, 15) is 0 Å². The number of aromatic nitrogens is 3. The highest BCUT2D eigenvalue weighted by molar-refractivity contribution is 5.58. The van der Waals surface area contributed by atoms with Gasteiger partial charge in [-0.1, -0.05) is 0 Å². The predicted octanol–water partition coefficient (Wildman–Crippen LogP) is 2.60. The van der Waals surface area contributed by atoms with E-state index in [0.29, 0.717) is 5.92 Å². The number of hydrogen-bond acceptors (Lipinski definition) is 5. The van der Waals surface area contributed by atoms with Crippen molar-refractivity contribution in [2.24, 2.45) is 5.92 Å². The molecule has 0 spiro atoms. The molecule has 1 fully saturated rings. The Balaban J connectivity index is 1.83. The van der Waals surface area contributed by atoms with Crippen molar-refractivity contribution >= 4 is 5.82 Å². The summed E-state index contributed by atoms with van der Waals surface area (Å²) in [6.07, 6.45) is 4.66. The molecule has 3 rings (SSSR count). The van der Waals surface area contributed by atoms with Gasteiger partial charge in [0.15, 0.2) is 5.82 Å². The van der Waals surface area contributed by atoms with Crippen molar-refractivity contribution in [3.05, 3.63) is 35.8 Å². The maximum atomic E-state index is 5.41. The molecule has 0 saturated carbocycles. The SMILES string of the molecule is Cc1nc(-c2cccnc2)nc(NC[C@@H]2CCOC2)c1C. The Labute approximate surface area is 124 Å². The van der Waals surface area contributed by atoms with Crippen LogP contribution in [0.3, 0.4) is 0 Å². The predicted molar refractivity (Wildman–Crippen MR) is 82.2 cm³/mol. The van der Waals surface area contributed by atoms with Crippen molar-refractivity contribution in [3.63, 3.8) is 0 Å². The van der Waals surface area contributed by atoms with Gasteiger partial charge < -0.3 is 10.1 Å². The third-order valence-electron chi connectivity index (χ3n) is 3.89. The first-order valence-corrected chi connectivity index (χ1v) is 7.31. The molecule has 0 amide bonds. The molecule has 0 unspecified atom stereocenters. The van der Waals surface area contributed by atoms with Gasteiger partial charge in [-0.05, 0) is 32.4 Å². The van der Waals surface area contributed by atoms with Gasteiger partial charge in [0.2, 0.25) is 0 Å². The number of ether oxygens (including phenoxy) is 1. The Morgan fingerprint density at radius 3 is 2.95 bits per heavy atom. The molecule has 2 aromatic heterocycles. The second kappa shape index (κ2) is 6.18. The molecule has 1 atom stereocenters. The summed E-state index contributed by atoms with van der Waals surface area (Å²) >= 11 is 0. The van der Waals surface area contributed by atoms with E-state index < -0.39 is 0 Å². The third-order valence-corrected chi connectivity index (χ3v) is 3.89. The highest BCUT2D eigenvalue weighted by Crippen LogP contribution is 2.22. The summed E-state index contributed by atoms with van der Waals surface area (Å²) in [6, 6.07) is 3.88. The van der Waals surface area contributed by atoms with E-state index in [0.717, 1.165) is 54.6 Å². The molecule has 5 nitrogen and oxygen atoms in total. The van der Waals surface area contributed by atoms with Crippen LogP contribution in [0, 0.1) is 19.8 Å². The lowest BCUT2D eigenvalue weighted by atomic mass is 10.1. The van der Waals surface area contributed by atoms with Crippen molar-refractivity contribution in [2.75, 3.05) is 25.1 Å². The second-order valence-electron chi connectivity index (χ2n) is 5.46. The van der Waals surface area contributed by atoms with Crippen molar-refractivity contribution in [3.8, 4) is 11.4 Å². The molecule has 0 aromatic carbocycles. The first-order chi connectivity index (χ1) is 10.2. The summed E-state index contributed by atoms with van der Waals surface area (Å²) in [5.41, 5.74) is 3.03. The van der Waals surface area contributed by atoms with Crippen molar-refractivity contribution < 1.29 is 4.74 Å². The molecule has 0 radical (unpaired) electrons. The fraction of sp³-hybridized carbons (Fsp3) is 0.438. The van der Waals surface area contributed by atoms with Crippen LogP contribution in [0.1, 0.15) is 17.7 Å². The number of rotatable bonds is 4. The van der Waals surface area contributed by atoms with Crippen molar-refractivity contribution in [2.45, 2.75) is 20.3 Å².